The predicted molar refractivity (Wildman–Crippen MR) is 106 cm³/mol. The number of amides is 2. The molecular weight excluding hydrogens is 374 g/mol. The molecule has 2 aromatic rings. The Morgan fingerprint density at radius 2 is 1.41 bits per heavy atom. The van der Waals surface area contributed by atoms with E-state index >= 15 is 0 Å². The average molecular weight is 393 g/mol. The van der Waals surface area contributed by atoms with Gasteiger partial charge in [0, 0.05) is 23.6 Å². The number of methoxy groups -OCH3 is 2. The Morgan fingerprint density at radius 1 is 0.828 bits per heavy atom. The van der Waals surface area contributed by atoms with Crippen molar-refractivity contribution in [1.82, 2.24) is 0 Å². The van der Waals surface area contributed by atoms with Gasteiger partial charge in [0.15, 0.2) is 5.78 Å². The van der Waals surface area contributed by atoms with E-state index in [4.69, 9.17) is 4.74 Å². The fourth-order valence-electron chi connectivity index (χ4n) is 3.26. The van der Waals surface area contributed by atoms with Crippen LogP contribution in [0.1, 0.15) is 45.7 Å². The van der Waals surface area contributed by atoms with Crippen molar-refractivity contribution in [3.8, 4) is 0 Å². The van der Waals surface area contributed by atoms with Crippen molar-refractivity contribution in [2.75, 3.05) is 19.1 Å². The molecule has 7 nitrogen and oxygen atoms in total. The van der Waals surface area contributed by atoms with E-state index in [0.29, 0.717) is 27.9 Å². The second kappa shape index (κ2) is 7.71. The molecule has 0 N–H and O–H groups in total. The van der Waals surface area contributed by atoms with E-state index in [1.54, 1.807) is 42.5 Å². The smallest absolute Gasteiger partial charge is 0.337 e. The highest BCUT2D eigenvalue weighted by atomic mass is 16.5. The number of rotatable bonds is 4. The van der Waals surface area contributed by atoms with Crippen molar-refractivity contribution >= 4 is 40.6 Å². The van der Waals surface area contributed by atoms with Crippen LogP contribution < -0.4 is 4.90 Å². The van der Waals surface area contributed by atoms with Crippen LogP contribution in [0.25, 0.3) is 11.3 Å². The van der Waals surface area contributed by atoms with E-state index in [1.165, 1.54) is 28.1 Å². The molecule has 148 valence electrons. The van der Waals surface area contributed by atoms with E-state index < -0.39 is 17.8 Å². The first-order chi connectivity index (χ1) is 13.8. The topological polar surface area (TPSA) is 90.0 Å². The van der Waals surface area contributed by atoms with Gasteiger partial charge < -0.3 is 9.47 Å². The number of imide groups is 1. The number of benzene rings is 2. The maximum absolute atomic E-state index is 13.1. The quantitative estimate of drug-likeness (QED) is 0.343. The van der Waals surface area contributed by atoms with Crippen LogP contribution in [0.2, 0.25) is 0 Å². The molecule has 0 saturated carbocycles. The summed E-state index contributed by atoms with van der Waals surface area (Å²) in [6.45, 7) is 2.72. The van der Waals surface area contributed by atoms with Crippen LogP contribution in [0.5, 0.6) is 0 Å². The zero-order valence-corrected chi connectivity index (χ0v) is 16.4. The highest BCUT2D eigenvalue weighted by Crippen LogP contribution is 2.41. The van der Waals surface area contributed by atoms with Crippen LogP contribution >= 0.6 is 0 Å². The van der Waals surface area contributed by atoms with Crippen molar-refractivity contribution in [3.05, 3.63) is 64.7 Å². The van der Waals surface area contributed by atoms with E-state index in [0.717, 1.165) is 4.90 Å². The SMILES string of the molecule is COC(=O)c1ccc(C(OC)=C2C(=O)N(C(C)=O)c3ccc(C(C)=O)cc32)cc1. The standard InChI is InChI=1S/C22H19NO6/c1-12(24)16-9-10-18-17(11-16)19(21(26)23(18)13(2)25)20(28-3)14-5-7-15(8-6-14)22(27)29-4/h5-11H,1-4H3. The molecule has 0 saturated heterocycles. The Kier molecular flexibility index (Phi) is 5.32. The van der Waals surface area contributed by atoms with Gasteiger partial charge in [0.1, 0.15) is 5.76 Å². The van der Waals surface area contributed by atoms with Crippen LogP contribution in [0.4, 0.5) is 5.69 Å². The minimum absolute atomic E-state index is 0.165. The number of carbonyl (C=O) groups is 4. The fourth-order valence-corrected chi connectivity index (χ4v) is 3.26. The van der Waals surface area contributed by atoms with Crippen molar-refractivity contribution in [2.24, 2.45) is 0 Å². The Bertz CT molecular complexity index is 1070. The largest absolute Gasteiger partial charge is 0.495 e. The average Bonchev–Trinajstić information content (AvgIpc) is 3.00. The minimum atomic E-state index is -0.540. The van der Waals surface area contributed by atoms with E-state index in [-0.39, 0.29) is 17.1 Å². The van der Waals surface area contributed by atoms with Crippen LogP contribution in [-0.2, 0) is 19.1 Å². The van der Waals surface area contributed by atoms with Crippen molar-refractivity contribution < 1.29 is 28.7 Å². The van der Waals surface area contributed by atoms with E-state index in [9.17, 15) is 19.2 Å². The zero-order chi connectivity index (χ0) is 21.3. The summed E-state index contributed by atoms with van der Waals surface area (Å²) in [5.74, 6) is -1.40. The highest BCUT2D eigenvalue weighted by Gasteiger charge is 2.38. The number of esters is 1. The maximum atomic E-state index is 13.1. The zero-order valence-electron chi connectivity index (χ0n) is 16.4. The predicted octanol–water partition coefficient (Wildman–Crippen LogP) is 3.08. The molecule has 1 heterocycles. The summed E-state index contributed by atoms with van der Waals surface area (Å²) in [6.07, 6.45) is 0. The first kappa shape index (κ1) is 20.0. The Balaban J connectivity index is 2.23. The monoisotopic (exact) mass is 393 g/mol. The Morgan fingerprint density at radius 3 is 1.93 bits per heavy atom. The first-order valence-electron chi connectivity index (χ1n) is 8.77. The molecule has 0 spiro atoms. The van der Waals surface area contributed by atoms with Gasteiger partial charge in [-0.15, -0.1) is 0 Å². The normalized spacial score (nSPS) is 14.3. The number of anilines is 1. The molecule has 29 heavy (non-hydrogen) atoms. The molecular formula is C22H19NO6. The van der Waals surface area contributed by atoms with Gasteiger partial charge in [0.2, 0.25) is 5.91 Å². The second-order valence-electron chi connectivity index (χ2n) is 6.42. The third kappa shape index (κ3) is 3.42. The number of Topliss-reactive ketones (excluding diaryl/α,β-unsaturated/α-hetero) is 1. The molecule has 0 aromatic heterocycles. The van der Waals surface area contributed by atoms with Gasteiger partial charge in [-0.2, -0.15) is 0 Å². The molecule has 0 radical (unpaired) electrons. The lowest BCUT2D eigenvalue weighted by Gasteiger charge is -2.13. The molecule has 0 bridgehead atoms. The van der Waals surface area contributed by atoms with Crippen molar-refractivity contribution in [2.45, 2.75) is 13.8 Å². The highest BCUT2D eigenvalue weighted by molar-refractivity contribution is 6.43. The lowest BCUT2D eigenvalue weighted by molar-refractivity contribution is -0.122. The van der Waals surface area contributed by atoms with Gasteiger partial charge in [0.25, 0.3) is 5.91 Å². The number of nitrogens with zero attached hydrogens (tertiary/aromatic N) is 1. The summed E-state index contributed by atoms with van der Waals surface area (Å²) in [5.41, 5.74) is 2.30. The molecule has 0 aliphatic carbocycles. The number of ketones is 1. The Labute approximate surface area is 167 Å². The van der Waals surface area contributed by atoms with Crippen LogP contribution in [-0.4, -0.2) is 37.8 Å². The van der Waals surface area contributed by atoms with E-state index in [1.807, 2.05) is 0 Å². The van der Waals surface area contributed by atoms with Crippen LogP contribution in [0.3, 0.4) is 0 Å². The second-order valence-corrected chi connectivity index (χ2v) is 6.42. The molecule has 0 unspecified atom stereocenters. The van der Waals surface area contributed by atoms with Crippen LogP contribution in [0.15, 0.2) is 42.5 Å². The van der Waals surface area contributed by atoms with Crippen molar-refractivity contribution in [3.63, 3.8) is 0 Å². The van der Waals surface area contributed by atoms with Gasteiger partial charge in [-0.1, -0.05) is 12.1 Å². The van der Waals surface area contributed by atoms with E-state index in [2.05, 4.69) is 4.74 Å². The summed E-state index contributed by atoms with van der Waals surface area (Å²) in [6, 6.07) is 11.1. The molecule has 1 aliphatic rings. The number of fused-ring (bicyclic) bond motifs is 1. The summed E-state index contributed by atoms with van der Waals surface area (Å²) in [5, 5.41) is 0. The maximum Gasteiger partial charge on any atom is 0.337 e. The molecule has 0 fully saturated rings. The summed E-state index contributed by atoms with van der Waals surface area (Å²) >= 11 is 0. The first-order valence-corrected chi connectivity index (χ1v) is 8.77. The molecule has 7 heteroatoms. The van der Waals surface area contributed by atoms with Gasteiger partial charge in [0.05, 0.1) is 31.0 Å². The van der Waals surface area contributed by atoms with Crippen molar-refractivity contribution in [1.29, 1.82) is 0 Å². The lowest BCUT2D eigenvalue weighted by atomic mass is 9.98. The number of hydrogen-bond acceptors (Lipinski definition) is 6. The van der Waals surface area contributed by atoms with Crippen LogP contribution in [0, 0.1) is 0 Å². The number of hydrogen-bond donors (Lipinski definition) is 0. The summed E-state index contributed by atoms with van der Waals surface area (Å²) in [4.78, 5) is 49.7. The fraction of sp³-hybridized carbons (Fsp3) is 0.182. The summed E-state index contributed by atoms with van der Waals surface area (Å²) < 4.78 is 10.2. The Hall–Kier alpha value is -3.74. The van der Waals surface area contributed by atoms with Gasteiger partial charge in [-0.25, -0.2) is 9.69 Å². The third-order valence-electron chi connectivity index (χ3n) is 4.64. The molecule has 3 rings (SSSR count). The number of carbonyl (C=O) groups excluding carboxylic acids is 4. The summed E-state index contributed by atoms with van der Waals surface area (Å²) in [7, 11) is 2.70. The molecule has 2 aromatic carbocycles. The van der Waals surface area contributed by atoms with Gasteiger partial charge in [-0.3, -0.25) is 14.4 Å². The minimum Gasteiger partial charge on any atom is -0.495 e. The third-order valence-corrected chi connectivity index (χ3v) is 4.64. The lowest BCUT2D eigenvalue weighted by Crippen LogP contribution is -2.31. The van der Waals surface area contributed by atoms with Gasteiger partial charge >= 0.3 is 5.97 Å². The van der Waals surface area contributed by atoms with Gasteiger partial charge in [-0.05, 0) is 37.3 Å². The molecule has 1 aliphatic heterocycles. The number of ether oxygens (including phenoxy) is 2. The molecule has 0 atom stereocenters. The molecule has 2 amide bonds.